The minimum atomic E-state index is -5.20. The van der Waals surface area contributed by atoms with E-state index in [2.05, 4.69) is 24.1 Å². The zero-order valence-electron chi connectivity index (χ0n) is 26.2. The van der Waals surface area contributed by atoms with Crippen molar-refractivity contribution in [1.29, 1.82) is 0 Å². The van der Waals surface area contributed by atoms with E-state index >= 15 is 0 Å². The van der Waals surface area contributed by atoms with Crippen LogP contribution < -0.4 is 0 Å². The summed E-state index contributed by atoms with van der Waals surface area (Å²) in [4.78, 5) is 23.2. The summed E-state index contributed by atoms with van der Waals surface area (Å²) < 4.78 is 294. The van der Waals surface area contributed by atoms with E-state index in [1.807, 2.05) is 0 Å². The Balaban J connectivity index is -0.0000000296. The fourth-order valence-electron chi connectivity index (χ4n) is 0.678. The maximum Gasteiger partial charge on any atom is 0.495 e. The molecule has 0 aliphatic carbocycles. The van der Waals surface area contributed by atoms with Gasteiger partial charge >= 0.3 is 37.0 Å². The topological polar surface area (TPSA) is 121 Å². The van der Waals surface area contributed by atoms with E-state index in [4.69, 9.17) is 15.0 Å². The minimum absolute atomic E-state index is 0. The minimum Gasteiger partial charge on any atom is -0.444 e. The highest BCUT2D eigenvalue weighted by molar-refractivity contribution is 5.74. The average Bonchev–Trinajstić information content (AvgIpc) is 3.06. The van der Waals surface area contributed by atoms with Crippen LogP contribution in [0.15, 0.2) is 0 Å². The van der Waals surface area contributed by atoms with E-state index in [0.717, 1.165) is 7.11 Å². The van der Waals surface area contributed by atoms with Crippen molar-refractivity contribution in [1.82, 2.24) is 0 Å². The van der Waals surface area contributed by atoms with Crippen LogP contribution in [0.4, 0.5) is 124 Å². The Morgan fingerprint density at radius 1 is 0.517 bits per heavy atom. The molecule has 0 bridgehead atoms. The van der Waals surface area contributed by atoms with Crippen LogP contribution in [-0.4, -0.2) is 135 Å². The molecule has 2 atom stereocenters. The second kappa shape index (κ2) is 73.5. The highest BCUT2D eigenvalue weighted by atomic mass is 19.4. The molecule has 0 aliphatic rings. The summed E-state index contributed by atoms with van der Waals surface area (Å²) in [6.07, 6.45) is -26.6. The standard InChI is InChI=1S/C4H3F5O2.C4H6F4O2.2C2H2F4.C2H3FO2.2CH2F2O.2CH2F2.CH3FO.5CH4/c5-1-11-2(3(6)10)4(7,8)9;5-2-10-3(1-9)4(6,7)8;2*3-1-2(4,5)6;1-5-2(3)4;2*2-1-4-3;3*2-1-3;;;;;/h2H,1H2;3,9H,1-2H2;2*1H2;1H3;2*1H2;2*1H2;3H,1H2;5*1H4. The fraction of sp³-hybridized carbons (Fsp3) is 0.917. The maximum atomic E-state index is 11.5. The Hall–Kier alpha value is -2.99. The molecule has 0 aliphatic heterocycles. The van der Waals surface area contributed by atoms with Gasteiger partial charge in [-0.05, 0) is 9.05 Å². The Labute approximate surface area is 325 Å². The second-order valence-electron chi connectivity index (χ2n) is 5.69. The Kier molecular flexibility index (Phi) is 124. The van der Waals surface area contributed by atoms with Crippen LogP contribution in [0.2, 0.25) is 0 Å². The average molecular weight is 993 g/mol. The third-order valence-corrected chi connectivity index (χ3v) is 2.07. The van der Waals surface area contributed by atoms with Crippen molar-refractivity contribution in [2.75, 3.05) is 75.2 Å². The van der Waals surface area contributed by atoms with Gasteiger partial charge in [-0.1, -0.05) is 37.1 Å². The summed E-state index contributed by atoms with van der Waals surface area (Å²) in [6, 6.07) is -2.75. The Bertz CT molecular complexity index is 680. The molecule has 0 amide bonds. The van der Waals surface area contributed by atoms with Gasteiger partial charge in [-0.15, -0.1) is 4.39 Å². The molecule has 0 saturated heterocycles. The number of ether oxygens (including phenoxy) is 3. The van der Waals surface area contributed by atoms with Crippen molar-refractivity contribution in [3.63, 3.8) is 0 Å². The summed E-state index contributed by atoms with van der Waals surface area (Å²) in [6.45, 7) is -16.6. The predicted octanol–water partition coefficient (Wildman–Crippen LogP) is 12.4. The van der Waals surface area contributed by atoms with Gasteiger partial charge in [-0.25, -0.2) is 53.1 Å². The first-order chi connectivity index (χ1) is 24.9. The largest absolute Gasteiger partial charge is 0.495 e. The number of hydrogen-bond acceptors (Lipinski definition) is 9. The Morgan fingerprint density at radius 2 is 0.717 bits per heavy atom. The first kappa shape index (κ1) is 101. The molecule has 0 aromatic heterocycles. The molecular formula is C24H47F27O9. The van der Waals surface area contributed by atoms with Crippen LogP contribution in [0.25, 0.3) is 0 Å². The van der Waals surface area contributed by atoms with E-state index in [1.165, 1.54) is 0 Å². The van der Waals surface area contributed by atoms with Gasteiger partial charge in [-0.3, -0.25) is 4.79 Å². The molecule has 36 heteroatoms. The summed E-state index contributed by atoms with van der Waals surface area (Å²) in [7, 11) is 0.975. The van der Waals surface area contributed by atoms with Gasteiger partial charge in [0.05, 0.1) is 13.7 Å². The molecule has 0 fully saturated rings. The normalized spacial score (nSPS) is 10.1. The number of halogens is 27. The molecule has 0 aromatic carbocycles. The van der Waals surface area contributed by atoms with Gasteiger partial charge in [0.2, 0.25) is 33.7 Å². The lowest BCUT2D eigenvalue weighted by atomic mass is 10.4. The number of carbonyl (C=O) groups is 2. The number of rotatable bonds is 8. The highest BCUT2D eigenvalue weighted by Gasteiger charge is 2.46. The molecule has 0 aromatic rings. The second-order valence-corrected chi connectivity index (χ2v) is 5.69. The van der Waals surface area contributed by atoms with E-state index in [0.29, 0.717) is 0 Å². The summed E-state index contributed by atoms with van der Waals surface area (Å²) >= 11 is 0. The molecule has 0 spiro atoms. The van der Waals surface area contributed by atoms with Crippen molar-refractivity contribution in [2.45, 2.75) is 74.0 Å². The first-order valence-corrected chi connectivity index (χ1v) is 11.2. The van der Waals surface area contributed by atoms with Crippen molar-refractivity contribution >= 4 is 12.3 Å². The van der Waals surface area contributed by atoms with E-state index < -0.39 is 117 Å². The molecule has 2 N–H and O–H groups in total. The van der Waals surface area contributed by atoms with Crippen LogP contribution in [0, 0.1) is 0 Å². The molecule has 60 heavy (non-hydrogen) atoms. The number of methoxy groups -OCH3 is 1. The molecule has 9 nitrogen and oxygen atoms in total. The third-order valence-electron chi connectivity index (χ3n) is 2.07. The van der Waals surface area contributed by atoms with E-state index in [9.17, 15) is 124 Å². The van der Waals surface area contributed by atoms with Gasteiger partial charge in [0.15, 0.2) is 40.0 Å². The number of carbonyl (C=O) groups excluding carboxylic acids is 2. The summed E-state index contributed by atoms with van der Waals surface area (Å²) in [5.41, 5.74) is 0. The van der Waals surface area contributed by atoms with Crippen molar-refractivity contribution in [3.8, 4) is 0 Å². The van der Waals surface area contributed by atoms with Crippen molar-refractivity contribution < 1.29 is 163 Å². The van der Waals surface area contributed by atoms with Gasteiger partial charge in [-0.2, -0.15) is 67.0 Å². The monoisotopic (exact) mass is 992 g/mol. The maximum absolute atomic E-state index is 11.5. The van der Waals surface area contributed by atoms with E-state index in [1.54, 1.807) is 0 Å². The summed E-state index contributed by atoms with van der Waals surface area (Å²) in [5, 5.41) is 14.9. The number of hydrogen-bond donors (Lipinski definition) is 2. The fourth-order valence-corrected chi connectivity index (χ4v) is 0.678. The van der Waals surface area contributed by atoms with Crippen molar-refractivity contribution in [2.24, 2.45) is 0 Å². The van der Waals surface area contributed by atoms with Crippen molar-refractivity contribution in [3.05, 3.63) is 0 Å². The number of aliphatic hydroxyl groups is 2. The van der Waals surface area contributed by atoms with Crippen LogP contribution >= 0.6 is 0 Å². The van der Waals surface area contributed by atoms with Crippen LogP contribution in [0.5, 0.6) is 0 Å². The van der Waals surface area contributed by atoms with Crippen LogP contribution in [-0.2, 0) is 28.9 Å². The molecule has 0 heterocycles. The smallest absolute Gasteiger partial charge is 0.444 e. The molecule has 0 rings (SSSR count). The van der Waals surface area contributed by atoms with Gasteiger partial charge < -0.3 is 24.4 Å². The molecule has 2 unspecified atom stereocenters. The SMILES string of the molecule is C.C.C.C.C.COC(=O)F.FCC(F)(F)F.FCC(F)(F)F.FCF.FCF.FCOF.FCOF.O=C(F)C(OCF)C(F)(F)F.OCC(OCF)C(F)(F)F.OCF. The molecular weight excluding hydrogens is 945 g/mol. The lowest BCUT2D eigenvalue weighted by Gasteiger charge is -2.15. The number of alkyl halides is 23. The zero-order chi connectivity index (χ0) is 46.9. The third kappa shape index (κ3) is 167. The number of aliphatic hydroxyl groups excluding tert-OH is 2. The van der Waals surface area contributed by atoms with Gasteiger partial charge in [0, 0.05) is 0 Å². The summed E-state index contributed by atoms with van der Waals surface area (Å²) in [5.74, 6) is 0. The van der Waals surface area contributed by atoms with E-state index in [-0.39, 0.29) is 37.1 Å². The lowest BCUT2D eigenvalue weighted by Crippen LogP contribution is -2.36. The zero-order valence-corrected chi connectivity index (χ0v) is 26.2. The molecule has 0 radical (unpaired) electrons. The van der Waals surface area contributed by atoms with Crippen LogP contribution in [0.1, 0.15) is 37.1 Å². The predicted molar refractivity (Wildman–Crippen MR) is 157 cm³/mol. The van der Waals surface area contributed by atoms with Gasteiger partial charge in [0.1, 0.15) is 0 Å². The Morgan fingerprint density at radius 3 is 0.750 bits per heavy atom. The first-order valence-electron chi connectivity index (χ1n) is 11.2. The van der Waals surface area contributed by atoms with Crippen LogP contribution in [0.3, 0.4) is 0 Å². The lowest BCUT2D eigenvalue weighted by molar-refractivity contribution is -0.238. The quantitative estimate of drug-likeness (QED) is 0.181. The van der Waals surface area contributed by atoms with Gasteiger partial charge in [0.25, 0.3) is 0 Å². The molecule has 0 saturated carbocycles. The molecule has 386 valence electrons. The highest BCUT2D eigenvalue weighted by Crippen LogP contribution is 2.24.